The second kappa shape index (κ2) is 16.7. The summed E-state index contributed by atoms with van der Waals surface area (Å²) >= 11 is 0. The molecule has 0 aromatic heterocycles. The Morgan fingerprint density at radius 1 is 0.867 bits per heavy atom. The number of carbonyl (C=O) groups excluding carboxylic acids is 1. The number of amides is 1. The fraction of sp³-hybridized carbons (Fsp3) is 0.708. The number of carbonyl (C=O) groups is 1. The Hall–Kier alpha value is -2.11. The average Bonchev–Trinajstić information content (AvgIpc) is 2.72. The number of aromatic hydroxyl groups is 1. The van der Waals surface area contributed by atoms with E-state index in [4.69, 9.17) is 0 Å². The van der Waals surface area contributed by atoms with Crippen LogP contribution in [0.1, 0.15) is 110 Å². The molecule has 1 amide bonds. The minimum absolute atomic E-state index is 0.172. The molecule has 0 aliphatic heterocycles. The van der Waals surface area contributed by atoms with Gasteiger partial charge in [0.25, 0.3) is 5.69 Å². The quantitative estimate of drug-likeness (QED) is 0.111. The molecule has 6 nitrogen and oxygen atoms in total. The maximum atomic E-state index is 12.0. The number of non-ortho nitro benzene ring substituents is 1. The lowest BCUT2D eigenvalue weighted by atomic mass is 10.0. The van der Waals surface area contributed by atoms with E-state index in [1.807, 2.05) is 0 Å². The molecule has 0 bridgehead atoms. The molecule has 0 saturated heterocycles. The molecule has 30 heavy (non-hydrogen) atoms. The summed E-state index contributed by atoms with van der Waals surface area (Å²) in [6.07, 6.45) is 19.6. The third-order valence-corrected chi connectivity index (χ3v) is 5.47. The van der Waals surface area contributed by atoms with E-state index in [1.54, 1.807) is 0 Å². The van der Waals surface area contributed by atoms with Gasteiger partial charge in [-0.05, 0) is 12.5 Å². The molecular weight excluding hydrogens is 380 g/mol. The highest BCUT2D eigenvalue weighted by Crippen LogP contribution is 2.28. The molecule has 0 radical (unpaired) electrons. The molecule has 0 atom stereocenters. The summed E-state index contributed by atoms with van der Waals surface area (Å²) in [4.78, 5) is 22.0. The van der Waals surface area contributed by atoms with Gasteiger partial charge in [-0.3, -0.25) is 14.9 Å². The first-order valence-corrected chi connectivity index (χ1v) is 11.8. The first-order chi connectivity index (χ1) is 14.5. The lowest BCUT2D eigenvalue weighted by Crippen LogP contribution is -2.11. The van der Waals surface area contributed by atoms with Crippen LogP contribution < -0.4 is 5.32 Å². The van der Waals surface area contributed by atoms with Gasteiger partial charge in [0.15, 0.2) is 0 Å². The smallest absolute Gasteiger partial charge is 0.273 e. The van der Waals surface area contributed by atoms with Crippen LogP contribution in [0.25, 0.3) is 0 Å². The number of anilines is 1. The van der Waals surface area contributed by atoms with Gasteiger partial charge in [0.2, 0.25) is 5.91 Å². The fourth-order valence-electron chi connectivity index (χ4n) is 3.61. The van der Waals surface area contributed by atoms with Gasteiger partial charge >= 0.3 is 0 Å². The summed E-state index contributed by atoms with van der Waals surface area (Å²) in [6, 6.07) is 3.67. The third-order valence-electron chi connectivity index (χ3n) is 5.47. The van der Waals surface area contributed by atoms with E-state index in [-0.39, 0.29) is 23.0 Å². The molecule has 6 heteroatoms. The van der Waals surface area contributed by atoms with Crippen molar-refractivity contribution in [2.24, 2.45) is 0 Å². The molecule has 0 aliphatic rings. The molecule has 0 saturated carbocycles. The molecule has 0 fully saturated rings. The van der Waals surface area contributed by atoms with Crippen LogP contribution in [0.2, 0.25) is 0 Å². The van der Waals surface area contributed by atoms with Crippen LogP contribution >= 0.6 is 0 Å². The number of benzene rings is 1. The highest BCUT2D eigenvalue weighted by Gasteiger charge is 2.11. The average molecular weight is 421 g/mol. The number of phenolic OH excluding ortho intramolecular Hbond substituents is 1. The summed E-state index contributed by atoms with van der Waals surface area (Å²) in [5.41, 5.74) is 0.0134. The van der Waals surface area contributed by atoms with Gasteiger partial charge in [0, 0.05) is 12.5 Å². The Morgan fingerprint density at radius 2 is 1.33 bits per heavy atom. The van der Waals surface area contributed by atoms with Gasteiger partial charge in [-0.25, -0.2) is 0 Å². The van der Waals surface area contributed by atoms with Crippen molar-refractivity contribution < 1.29 is 14.8 Å². The lowest BCUT2D eigenvalue weighted by molar-refractivity contribution is -0.384. The number of nitro benzene ring substituents is 1. The van der Waals surface area contributed by atoms with Crippen molar-refractivity contribution in [3.05, 3.63) is 28.3 Å². The van der Waals surface area contributed by atoms with Crippen LogP contribution in [0.4, 0.5) is 11.4 Å². The molecule has 0 aliphatic carbocycles. The van der Waals surface area contributed by atoms with Gasteiger partial charge in [0.05, 0.1) is 16.7 Å². The second-order valence-corrected chi connectivity index (χ2v) is 8.21. The normalized spacial score (nSPS) is 10.8. The predicted octanol–water partition coefficient (Wildman–Crippen LogP) is 7.50. The molecule has 0 heterocycles. The topological polar surface area (TPSA) is 92.5 Å². The fourth-order valence-corrected chi connectivity index (χ4v) is 3.61. The molecule has 0 spiro atoms. The molecule has 1 aromatic rings. The summed E-state index contributed by atoms with van der Waals surface area (Å²) in [5, 5.41) is 23.1. The minimum atomic E-state index is -0.582. The summed E-state index contributed by atoms with van der Waals surface area (Å²) in [6.45, 7) is 2.26. The third kappa shape index (κ3) is 12.5. The number of rotatable bonds is 18. The zero-order valence-corrected chi connectivity index (χ0v) is 18.7. The molecule has 2 N–H and O–H groups in total. The number of phenols is 1. The molecule has 0 unspecified atom stereocenters. The van der Waals surface area contributed by atoms with E-state index in [0.717, 1.165) is 25.3 Å². The molecular formula is C24H40N2O4. The number of hydrogen-bond acceptors (Lipinski definition) is 4. The second-order valence-electron chi connectivity index (χ2n) is 8.21. The lowest BCUT2D eigenvalue weighted by Gasteiger charge is -2.07. The number of unbranched alkanes of at least 4 members (excludes halogenated alkanes) is 14. The van der Waals surface area contributed by atoms with E-state index < -0.39 is 4.92 Å². The molecule has 1 aromatic carbocycles. The number of hydrogen-bond donors (Lipinski definition) is 2. The van der Waals surface area contributed by atoms with E-state index in [0.29, 0.717) is 6.42 Å². The van der Waals surface area contributed by atoms with Crippen molar-refractivity contribution >= 4 is 17.3 Å². The van der Waals surface area contributed by atoms with Gasteiger partial charge in [-0.1, -0.05) is 96.8 Å². The maximum absolute atomic E-state index is 12.0. The van der Waals surface area contributed by atoms with Gasteiger partial charge < -0.3 is 10.4 Å². The van der Waals surface area contributed by atoms with Gasteiger partial charge in [0.1, 0.15) is 5.75 Å². The van der Waals surface area contributed by atoms with E-state index in [2.05, 4.69) is 12.2 Å². The van der Waals surface area contributed by atoms with Crippen molar-refractivity contribution in [2.45, 2.75) is 110 Å². The Labute approximate surface area is 181 Å². The number of nitrogens with one attached hydrogen (secondary N) is 1. The summed E-state index contributed by atoms with van der Waals surface area (Å²) in [5.74, 6) is -0.456. The van der Waals surface area contributed by atoms with Crippen LogP contribution in [0.15, 0.2) is 18.2 Å². The van der Waals surface area contributed by atoms with E-state index in [9.17, 15) is 20.0 Å². The molecule has 170 valence electrons. The first kappa shape index (κ1) is 25.9. The Kier molecular flexibility index (Phi) is 14.4. The number of nitrogens with zero attached hydrogens (tertiary/aromatic N) is 1. The van der Waals surface area contributed by atoms with Crippen molar-refractivity contribution in [3.63, 3.8) is 0 Å². The van der Waals surface area contributed by atoms with Gasteiger partial charge in [-0.15, -0.1) is 0 Å². The van der Waals surface area contributed by atoms with Crippen LogP contribution in [0, 0.1) is 10.1 Å². The Balaban J connectivity index is 1.94. The monoisotopic (exact) mass is 420 g/mol. The van der Waals surface area contributed by atoms with Crippen molar-refractivity contribution in [3.8, 4) is 5.75 Å². The largest absolute Gasteiger partial charge is 0.506 e. The minimum Gasteiger partial charge on any atom is -0.506 e. The Bertz CT molecular complexity index is 619. The molecule has 1 rings (SSSR count). The van der Waals surface area contributed by atoms with E-state index >= 15 is 0 Å². The number of nitro groups is 1. The van der Waals surface area contributed by atoms with Crippen LogP contribution in [0.3, 0.4) is 0 Å². The standard InChI is InChI=1S/C24H40N2O4/c1-2-3-4-5-6-7-8-9-10-11-12-13-14-15-16-17-24(28)25-22-19-18-21(26(29)30)20-23(22)27/h18-20,27H,2-17H2,1H3,(H,25,28). The highest BCUT2D eigenvalue weighted by atomic mass is 16.6. The zero-order valence-electron chi connectivity index (χ0n) is 18.7. The van der Waals surface area contributed by atoms with Crippen LogP contribution in [-0.4, -0.2) is 15.9 Å². The van der Waals surface area contributed by atoms with Crippen molar-refractivity contribution in [1.29, 1.82) is 0 Å². The maximum Gasteiger partial charge on any atom is 0.273 e. The first-order valence-electron chi connectivity index (χ1n) is 11.8. The van der Waals surface area contributed by atoms with Crippen molar-refractivity contribution in [1.82, 2.24) is 0 Å². The SMILES string of the molecule is CCCCCCCCCCCCCCCCCC(=O)Nc1ccc([N+](=O)[O-])cc1O. The van der Waals surface area contributed by atoms with Crippen LogP contribution in [0.5, 0.6) is 5.75 Å². The van der Waals surface area contributed by atoms with Crippen molar-refractivity contribution in [2.75, 3.05) is 5.32 Å². The Morgan fingerprint density at radius 3 is 1.77 bits per heavy atom. The summed E-state index contributed by atoms with van der Waals surface area (Å²) < 4.78 is 0. The zero-order chi connectivity index (χ0) is 22.0. The highest BCUT2D eigenvalue weighted by molar-refractivity contribution is 5.92. The van der Waals surface area contributed by atoms with Gasteiger partial charge in [-0.2, -0.15) is 0 Å². The van der Waals surface area contributed by atoms with Crippen LogP contribution in [-0.2, 0) is 4.79 Å². The predicted molar refractivity (Wildman–Crippen MR) is 123 cm³/mol. The van der Waals surface area contributed by atoms with E-state index in [1.165, 1.54) is 89.2 Å². The summed E-state index contributed by atoms with van der Waals surface area (Å²) in [7, 11) is 0.